The van der Waals surface area contributed by atoms with Gasteiger partial charge in [-0.25, -0.2) is 0 Å². The van der Waals surface area contributed by atoms with E-state index in [2.05, 4.69) is 10.3 Å². The molecule has 0 saturated heterocycles. The van der Waals surface area contributed by atoms with Crippen LogP contribution >= 0.6 is 0 Å². The number of H-pyrrole nitrogens is 1. The lowest BCUT2D eigenvalue weighted by Crippen LogP contribution is -2.53. The molecule has 1 unspecified atom stereocenters. The van der Waals surface area contributed by atoms with E-state index in [4.69, 9.17) is 0 Å². The van der Waals surface area contributed by atoms with Crippen LogP contribution in [-0.2, 0) is 20.8 Å². The Hall–Kier alpha value is -2.63. The van der Waals surface area contributed by atoms with Crippen molar-refractivity contribution in [1.82, 2.24) is 15.2 Å². The molecule has 152 valence electrons. The highest BCUT2D eigenvalue weighted by molar-refractivity contribution is 6.37. The zero-order valence-corrected chi connectivity index (χ0v) is 17.4. The molecule has 2 atom stereocenters. The van der Waals surface area contributed by atoms with Crippen molar-refractivity contribution in [2.24, 2.45) is 11.8 Å². The summed E-state index contributed by atoms with van der Waals surface area (Å²) in [6.07, 6.45) is 3.24. The number of amides is 2. The maximum atomic E-state index is 12.8. The molecule has 2 N–H and O–H groups in total. The molecule has 1 aromatic carbocycles. The number of carbonyl (C=O) groups excluding carboxylic acids is 3. The number of aromatic nitrogens is 1. The van der Waals surface area contributed by atoms with Gasteiger partial charge in [0.1, 0.15) is 6.04 Å². The quantitative estimate of drug-likeness (QED) is 0.651. The molecule has 2 rings (SSSR count). The molecule has 0 spiro atoms. The maximum Gasteiger partial charge on any atom is 0.290 e. The van der Waals surface area contributed by atoms with Crippen molar-refractivity contribution in [3.05, 3.63) is 36.0 Å². The number of carbonyl (C=O) groups is 3. The summed E-state index contributed by atoms with van der Waals surface area (Å²) in [7, 11) is 1.53. The normalized spacial score (nSPS) is 13.4. The molecule has 0 bridgehead atoms. The minimum atomic E-state index is -0.677. The lowest BCUT2D eigenvalue weighted by atomic mass is 9.98. The molecule has 1 aromatic heterocycles. The molecule has 1 heterocycles. The Morgan fingerprint density at radius 3 is 2.46 bits per heavy atom. The van der Waals surface area contributed by atoms with Gasteiger partial charge in [0.2, 0.25) is 11.7 Å². The van der Waals surface area contributed by atoms with Gasteiger partial charge in [-0.2, -0.15) is 0 Å². The van der Waals surface area contributed by atoms with E-state index in [-0.39, 0.29) is 17.7 Å². The number of likely N-dealkylation sites (N-methyl/N-ethyl adjacent to an activating group) is 1. The molecular formula is C22H31N3O3. The van der Waals surface area contributed by atoms with E-state index in [9.17, 15) is 14.4 Å². The molecule has 0 aliphatic rings. The van der Waals surface area contributed by atoms with Gasteiger partial charge in [0.15, 0.2) is 0 Å². The Kier molecular flexibility index (Phi) is 7.38. The molecule has 0 aliphatic carbocycles. The van der Waals surface area contributed by atoms with Crippen LogP contribution in [-0.4, -0.2) is 47.1 Å². The average Bonchev–Trinajstić information content (AvgIpc) is 3.09. The molecule has 0 fully saturated rings. The van der Waals surface area contributed by atoms with Gasteiger partial charge in [0.05, 0.1) is 0 Å². The van der Waals surface area contributed by atoms with Crippen LogP contribution in [0.3, 0.4) is 0 Å². The van der Waals surface area contributed by atoms with Gasteiger partial charge in [0, 0.05) is 36.6 Å². The Balaban J connectivity index is 2.00. The summed E-state index contributed by atoms with van der Waals surface area (Å²) in [6, 6.07) is 7.35. The zero-order valence-electron chi connectivity index (χ0n) is 17.4. The Morgan fingerprint density at radius 1 is 1.14 bits per heavy atom. The van der Waals surface area contributed by atoms with Crippen molar-refractivity contribution in [2.75, 3.05) is 13.6 Å². The van der Waals surface area contributed by atoms with Crippen molar-refractivity contribution in [3.63, 3.8) is 0 Å². The van der Waals surface area contributed by atoms with Crippen LogP contribution in [0.5, 0.6) is 0 Å². The number of para-hydroxylation sites is 1. The largest absolute Gasteiger partial charge is 0.361 e. The van der Waals surface area contributed by atoms with E-state index in [1.807, 2.05) is 51.2 Å². The molecule has 0 aliphatic heterocycles. The second kappa shape index (κ2) is 9.53. The van der Waals surface area contributed by atoms with Gasteiger partial charge in [-0.1, -0.05) is 45.9 Å². The summed E-state index contributed by atoms with van der Waals surface area (Å²) in [5.41, 5.74) is 2.20. The van der Waals surface area contributed by atoms with Crippen LogP contribution in [0.1, 0.15) is 39.7 Å². The van der Waals surface area contributed by atoms with Gasteiger partial charge in [0.25, 0.3) is 5.91 Å². The van der Waals surface area contributed by atoms with Gasteiger partial charge in [-0.3, -0.25) is 14.4 Å². The van der Waals surface area contributed by atoms with E-state index in [0.29, 0.717) is 19.4 Å². The van der Waals surface area contributed by atoms with Gasteiger partial charge in [-0.15, -0.1) is 0 Å². The number of hydrogen-bond donors (Lipinski definition) is 2. The minimum absolute atomic E-state index is 0.105. The fourth-order valence-corrected chi connectivity index (χ4v) is 3.39. The molecule has 28 heavy (non-hydrogen) atoms. The fraction of sp³-hybridized carbons (Fsp3) is 0.500. The first kappa shape index (κ1) is 21.7. The number of nitrogens with zero attached hydrogens (tertiary/aromatic N) is 1. The second-order valence-electron chi connectivity index (χ2n) is 7.68. The van der Waals surface area contributed by atoms with Crippen LogP contribution in [0.2, 0.25) is 0 Å². The smallest absolute Gasteiger partial charge is 0.290 e. The fourth-order valence-electron chi connectivity index (χ4n) is 3.39. The Morgan fingerprint density at radius 2 is 1.82 bits per heavy atom. The first-order valence-corrected chi connectivity index (χ1v) is 9.91. The van der Waals surface area contributed by atoms with E-state index >= 15 is 0 Å². The van der Waals surface area contributed by atoms with Gasteiger partial charge < -0.3 is 15.2 Å². The van der Waals surface area contributed by atoms with Crippen LogP contribution in [0.15, 0.2) is 30.5 Å². The first-order chi connectivity index (χ1) is 13.3. The van der Waals surface area contributed by atoms with Crippen LogP contribution in [0.4, 0.5) is 0 Å². The van der Waals surface area contributed by atoms with E-state index in [1.165, 1.54) is 11.9 Å². The highest BCUT2D eigenvalue weighted by Gasteiger charge is 2.33. The molecule has 0 radical (unpaired) electrons. The van der Waals surface area contributed by atoms with Crippen molar-refractivity contribution >= 4 is 28.5 Å². The number of rotatable bonds is 9. The lowest BCUT2D eigenvalue weighted by molar-refractivity contribution is -0.150. The number of Topliss-reactive ketones (excluding diaryl/α,β-unsaturated/α-hetero) is 1. The number of fused-ring (bicyclic) bond motifs is 1. The summed E-state index contributed by atoms with van der Waals surface area (Å²) in [6.45, 7) is 7.82. The average molecular weight is 386 g/mol. The highest BCUT2D eigenvalue weighted by Crippen LogP contribution is 2.18. The summed E-state index contributed by atoms with van der Waals surface area (Å²) >= 11 is 0. The summed E-state index contributed by atoms with van der Waals surface area (Å²) < 4.78 is 0. The standard InChI is InChI=1S/C22H31N3O3/c1-6-15(4)20(26)22(28)25(5)19(14(2)3)21(27)23-12-11-16-13-24-18-10-8-7-9-17(16)18/h7-10,13-15,19,24H,6,11-12H2,1-5H3,(H,23,27)/t15?,19-/m0/s1. The van der Waals surface area contributed by atoms with Crippen molar-refractivity contribution < 1.29 is 14.4 Å². The van der Waals surface area contributed by atoms with E-state index < -0.39 is 17.7 Å². The first-order valence-electron chi connectivity index (χ1n) is 9.91. The number of ketones is 1. The number of hydrogen-bond acceptors (Lipinski definition) is 3. The van der Waals surface area contributed by atoms with Crippen LogP contribution in [0.25, 0.3) is 10.9 Å². The van der Waals surface area contributed by atoms with Crippen LogP contribution < -0.4 is 5.32 Å². The number of aromatic amines is 1. The van der Waals surface area contributed by atoms with Crippen molar-refractivity contribution in [3.8, 4) is 0 Å². The lowest BCUT2D eigenvalue weighted by Gasteiger charge is -2.30. The Labute approximate surface area is 166 Å². The monoisotopic (exact) mass is 385 g/mol. The van der Waals surface area contributed by atoms with Crippen LogP contribution in [0, 0.1) is 11.8 Å². The third-order valence-electron chi connectivity index (χ3n) is 5.28. The SMILES string of the molecule is CCC(C)C(=O)C(=O)N(C)[C@H](C(=O)NCCc1c[nH]c2ccccc12)C(C)C. The van der Waals surface area contributed by atoms with Crippen molar-refractivity contribution in [1.29, 1.82) is 0 Å². The van der Waals surface area contributed by atoms with E-state index in [1.54, 1.807) is 6.92 Å². The topological polar surface area (TPSA) is 82.3 Å². The molecule has 6 nitrogen and oxygen atoms in total. The molecular weight excluding hydrogens is 354 g/mol. The molecule has 2 aromatic rings. The third kappa shape index (κ3) is 4.80. The third-order valence-corrected chi connectivity index (χ3v) is 5.28. The van der Waals surface area contributed by atoms with Gasteiger partial charge >= 0.3 is 0 Å². The minimum Gasteiger partial charge on any atom is -0.361 e. The second-order valence-corrected chi connectivity index (χ2v) is 7.68. The summed E-state index contributed by atoms with van der Waals surface area (Å²) in [5.74, 6) is -1.72. The van der Waals surface area contributed by atoms with E-state index in [0.717, 1.165) is 16.5 Å². The number of benzene rings is 1. The summed E-state index contributed by atoms with van der Waals surface area (Å²) in [5, 5.41) is 4.07. The maximum absolute atomic E-state index is 12.8. The zero-order chi connectivity index (χ0) is 20.8. The number of nitrogens with one attached hydrogen (secondary N) is 2. The Bertz CT molecular complexity index is 840. The van der Waals surface area contributed by atoms with Gasteiger partial charge in [-0.05, 0) is 30.4 Å². The molecule has 2 amide bonds. The highest BCUT2D eigenvalue weighted by atomic mass is 16.2. The summed E-state index contributed by atoms with van der Waals surface area (Å²) in [4.78, 5) is 42.0. The molecule has 0 saturated carbocycles. The van der Waals surface area contributed by atoms with Crippen molar-refractivity contribution in [2.45, 2.75) is 46.6 Å². The predicted octanol–water partition coefficient (Wildman–Crippen LogP) is 2.92. The predicted molar refractivity (Wildman–Crippen MR) is 111 cm³/mol. The molecule has 6 heteroatoms.